The fraction of sp³-hybridized carbons (Fsp3) is 0.235. The average Bonchev–Trinajstić information content (AvgIpc) is 2.51. The summed E-state index contributed by atoms with van der Waals surface area (Å²) in [5, 5.41) is 0. The number of benzene rings is 2. The van der Waals surface area contributed by atoms with Crippen LogP contribution in [0.4, 0.5) is 0 Å². The van der Waals surface area contributed by atoms with Crippen molar-refractivity contribution in [3.05, 3.63) is 48.0 Å². The zero-order valence-corrected chi connectivity index (χ0v) is 15.9. The van der Waals surface area contributed by atoms with Crippen molar-refractivity contribution in [3.63, 3.8) is 0 Å². The van der Waals surface area contributed by atoms with Crippen LogP contribution in [0.3, 0.4) is 0 Å². The van der Waals surface area contributed by atoms with Crippen LogP contribution in [-0.4, -0.2) is 26.3 Å². The van der Waals surface area contributed by atoms with E-state index >= 15 is 0 Å². The number of thioether (sulfide) groups is 1. The van der Waals surface area contributed by atoms with Crippen molar-refractivity contribution >= 4 is 39.9 Å². The molecule has 4 nitrogen and oxygen atoms in total. The van der Waals surface area contributed by atoms with Gasteiger partial charge in [-0.1, -0.05) is 31.2 Å². The number of carbonyl (C=O) groups is 1. The first-order valence-electron chi connectivity index (χ1n) is 7.20. The lowest BCUT2D eigenvalue weighted by Gasteiger charge is -2.12. The van der Waals surface area contributed by atoms with Crippen molar-refractivity contribution in [2.24, 2.45) is 5.73 Å². The Bertz CT molecular complexity index is 835. The van der Waals surface area contributed by atoms with Gasteiger partial charge in [-0.25, -0.2) is 8.42 Å². The van der Waals surface area contributed by atoms with Crippen molar-refractivity contribution in [2.75, 3.05) is 12.0 Å². The Hall–Kier alpha value is -1.50. The fourth-order valence-electron chi connectivity index (χ4n) is 2.25. The molecule has 0 bridgehead atoms. The van der Waals surface area contributed by atoms with Gasteiger partial charge in [-0.15, -0.1) is 24.2 Å². The van der Waals surface area contributed by atoms with Gasteiger partial charge in [0.15, 0.2) is 9.84 Å². The van der Waals surface area contributed by atoms with E-state index in [0.29, 0.717) is 11.1 Å². The van der Waals surface area contributed by atoms with Crippen LogP contribution in [0, 0.1) is 0 Å². The second-order valence-electron chi connectivity index (χ2n) is 5.19. The number of primary amides is 1. The Kier molecular flexibility index (Phi) is 7.32. The molecule has 0 spiro atoms. The van der Waals surface area contributed by atoms with Gasteiger partial charge >= 0.3 is 0 Å². The zero-order chi connectivity index (χ0) is 17.0. The minimum atomic E-state index is -3.34. The van der Waals surface area contributed by atoms with E-state index < -0.39 is 15.7 Å². The van der Waals surface area contributed by atoms with Crippen LogP contribution in [-0.2, 0) is 9.84 Å². The topological polar surface area (TPSA) is 77.2 Å². The monoisotopic (exact) mass is 385 g/mol. The van der Waals surface area contributed by atoms with Crippen LogP contribution in [0.1, 0.15) is 23.7 Å². The third-order valence-corrected chi connectivity index (χ3v) is 5.72. The SMILES string of the molecule is CCCSc1cc(-c2ccccc2S(C)(=O)=O)ccc1C(N)=O.Cl. The van der Waals surface area contributed by atoms with Crippen molar-refractivity contribution < 1.29 is 13.2 Å². The molecule has 2 N–H and O–H groups in total. The summed E-state index contributed by atoms with van der Waals surface area (Å²) in [6.07, 6.45) is 2.16. The summed E-state index contributed by atoms with van der Waals surface area (Å²) in [6, 6.07) is 12.1. The van der Waals surface area contributed by atoms with Gasteiger partial charge in [0.25, 0.3) is 0 Å². The Balaban J connectivity index is 0.00000288. The van der Waals surface area contributed by atoms with E-state index in [1.165, 1.54) is 6.26 Å². The summed E-state index contributed by atoms with van der Waals surface area (Å²) in [6.45, 7) is 2.06. The van der Waals surface area contributed by atoms with Gasteiger partial charge in [0.1, 0.15) is 0 Å². The quantitative estimate of drug-likeness (QED) is 0.767. The van der Waals surface area contributed by atoms with Crippen LogP contribution in [0.5, 0.6) is 0 Å². The molecule has 0 aliphatic carbocycles. The summed E-state index contributed by atoms with van der Waals surface area (Å²) >= 11 is 1.55. The lowest BCUT2D eigenvalue weighted by Crippen LogP contribution is -2.12. The van der Waals surface area contributed by atoms with Crippen molar-refractivity contribution in [1.29, 1.82) is 0 Å². The molecule has 0 aliphatic rings. The molecule has 7 heteroatoms. The number of halogens is 1. The van der Waals surface area contributed by atoms with Gasteiger partial charge in [0.2, 0.25) is 5.91 Å². The molecular weight excluding hydrogens is 366 g/mol. The highest BCUT2D eigenvalue weighted by Crippen LogP contribution is 2.32. The summed E-state index contributed by atoms with van der Waals surface area (Å²) in [5.41, 5.74) is 7.28. The Morgan fingerprint density at radius 2 is 1.83 bits per heavy atom. The number of nitrogens with two attached hydrogens (primary N) is 1. The maximum Gasteiger partial charge on any atom is 0.249 e. The first-order valence-corrected chi connectivity index (χ1v) is 10.1. The Morgan fingerprint density at radius 1 is 1.17 bits per heavy atom. The minimum Gasteiger partial charge on any atom is -0.366 e. The number of carbonyl (C=O) groups excluding carboxylic acids is 1. The molecule has 0 saturated heterocycles. The highest BCUT2D eigenvalue weighted by molar-refractivity contribution is 7.99. The van der Waals surface area contributed by atoms with Crippen molar-refractivity contribution in [1.82, 2.24) is 0 Å². The molecule has 0 atom stereocenters. The predicted molar refractivity (Wildman–Crippen MR) is 102 cm³/mol. The largest absolute Gasteiger partial charge is 0.366 e. The molecule has 130 valence electrons. The second kappa shape index (κ2) is 8.55. The second-order valence-corrected chi connectivity index (χ2v) is 8.31. The molecule has 0 saturated carbocycles. The third kappa shape index (κ3) is 4.75. The van der Waals surface area contributed by atoms with Crippen LogP contribution in [0.2, 0.25) is 0 Å². The summed E-state index contributed by atoms with van der Waals surface area (Å²) in [7, 11) is -3.34. The standard InChI is InChI=1S/C17H19NO3S2.ClH/c1-3-10-22-15-11-12(8-9-14(15)17(18)19)13-6-4-5-7-16(13)23(2,20)21;/h4-9,11H,3,10H2,1-2H3,(H2,18,19);1H. The van der Waals surface area contributed by atoms with Gasteiger partial charge in [0, 0.05) is 16.7 Å². The van der Waals surface area contributed by atoms with E-state index in [4.69, 9.17) is 5.73 Å². The molecule has 0 aromatic heterocycles. The molecule has 0 unspecified atom stereocenters. The highest BCUT2D eigenvalue weighted by Gasteiger charge is 2.16. The van der Waals surface area contributed by atoms with Crippen LogP contribution in [0.25, 0.3) is 11.1 Å². The minimum absolute atomic E-state index is 0. The van der Waals surface area contributed by atoms with Gasteiger partial charge in [-0.05, 0) is 35.9 Å². The van der Waals surface area contributed by atoms with Gasteiger partial charge in [-0.2, -0.15) is 0 Å². The van der Waals surface area contributed by atoms with Gasteiger partial charge in [-0.3, -0.25) is 4.79 Å². The number of hydrogen-bond donors (Lipinski definition) is 1. The molecular formula is C17H20ClNO3S2. The van der Waals surface area contributed by atoms with Crippen LogP contribution >= 0.6 is 24.2 Å². The number of sulfone groups is 1. The lowest BCUT2D eigenvalue weighted by molar-refractivity contribution is 0.0997. The number of rotatable bonds is 6. The van der Waals surface area contributed by atoms with Crippen molar-refractivity contribution in [3.8, 4) is 11.1 Å². The lowest BCUT2D eigenvalue weighted by atomic mass is 10.0. The molecule has 1 amide bonds. The molecule has 2 aromatic carbocycles. The maximum atomic E-state index is 12.0. The van der Waals surface area contributed by atoms with Crippen LogP contribution in [0.15, 0.2) is 52.3 Å². The van der Waals surface area contributed by atoms with E-state index in [9.17, 15) is 13.2 Å². The smallest absolute Gasteiger partial charge is 0.249 e. The summed E-state index contributed by atoms with van der Waals surface area (Å²) < 4.78 is 24.0. The van der Waals surface area contributed by atoms with E-state index in [2.05, 4.69) is 6.92 Å². The predicted octanol–water partition coefficient (Wildman–Crippen LogP) is 3.78. The Morgan fingerprint density at radius 3 is 2.42 bits per heavy atom. The van der Waals surface area contributed by atoms with Gasteiger partial charge < -0.3 is 5.73 Å². The van der Waals surface area contributed by atoms with Crippen LogP contribution < -0.4 is 5.73 Å². The average molecular weight is 386 g/mol. The highest BCUT2D eigenvalue weighted by atomic mass is 35.5. The zero-order valence-electron chi connectivity index (χ0n) is 13.5. The van der Waals surface area contributed by atoms with Crippen molar-refractivity contribution in [2.45, 2.75) is 23.1 Å². The molecule has 2 rings (SSSR count). The fourth-order valence-corrected chi connectivity index (χ4v) is 4.12. The van der Waals surface area contributed by atoms with E-state index in [0.717, 1.165) is 22.6 Å². The molecule has 24 heavy (non-hydrogen) atoms. The molecule has 0 radical (unpaired) electrons. The number of amides is 1. The molecule has 0 aliphatic heterocycles. The summed E-state index contributed by atoms with van der Waals surface area (Å²) in [4.78, 5) is 12.6. The van der Waals surface area contributed by atoms with E-state index in [1.807, 2.05) is 6.07 Å². The first-order chi connectivity index (χ1) is 10.8. The van der Waals surface area contributed by atoms with Gasteiger partial charge in [0.05, 0.1) is 10.5 Å². The maximum absolute atomic E-state index is 12.0. The van der Waals surface area contributed by atoms with E-state index in [-0.39, 0.29) is 17.3 Å². The van der Waals surface area contributed by atoms with E-state index in [1.54, 1.807) is 48.2 Å². The molecule has 0 fully saturated rings. The summed E-state index contributed by atoms with van der Waals surface area (Å²) in [5.74, 6) is 0.379. The third-order valence-electron chi connectivity index (χ3n) is 3.31. The Labute approximate surface area is 153 Å². The number of hydrogen-bond acceptors (Lipinski definition) is 4. The first kappa shape index (κ1) is 20.5. The molecule has 2 aromatic rings. The normalized spacial score (nSPS) is 10.9. The molecule has 0 heterocycles.